The fourth-order valence-electron chi connectivity index (χ4n) is 2.10. The maximum absolute atomic E-state index is 12.0. The third-order valence-corrected chi connectivity index (χ3v) is 4.56. The molecule has 0 aliphatic carbocycles. The predicted octanol–water partition coefficient (Wildman–Crippen LogP) is 3.04. The number of imide groups is 1. The largest absolute Gasteiger partial charge is 0.341 e. The number of imidazole rings is 1. The van der Waals surface area contributed by atoms with Crippen molar-refractivity contribution in [1.82, 2.24) is 20.2 Å². The lowest BCUT2D eigenvalue weighted by molar-refractivity contribution is -0.119. The van der Waals surface area contributed by atoms with Gasteiger partial charge in [-0.3, -0.25) is 10.1 Å². The lowest BCUT2D eigenvalue weighted by Gasteiger charge is -2.12. The molecule has 124 valence electrons. The number of hydrogen-bond donors (Lipinski definition) is 2. The van der Waals surface area contributed by atoms with E-state index in [0.29, 0.717) is 5.02 Å². The number of benzene rings is 1. The predicted molar refractivity (Wildman–Crippen MR) is 93.0 cm³/mol. The summed E-state index contributed by atoms with van der Waals surface area (Å²) < 4.78 is 2.07. The maximum Gasteiger partial charge on any atom is 0.321 e. The van der Waals surface area contributed by atoms with E-state index in [1.807, 2.05) is 18.2 Å². The number of amides is 3. The van der Waals surface area contributed by atoms with Crippen molar-refractivity contribution in [2.24, 2.45) is 0 Å². The van der Waals surface area contributed by atoms with E-state index in [2.05, 4.69) is 27.1 Å². The van der Waals surface area contributed by atoms with Gasteiger partial charge in [-0.15, -0.1) is 0 Å². The molecule has 1 heterocycles. The van der Waals surface area contributed by atoms with Crippen LogP contribution in [-0.4, -0.2) is 33.8 Å². The number of fused-ring (bicyclic) bond motifs is 1. The molecule has 0 saturated carbocycles. The van der Waals surface area contributed by atoms with E-state index >= 15 is 0 Å². The van der Waals surface area contributed by atoms with Crippen LogP contribution in [-0.2, 0) is 11.3 Å². The highest BCUT2D eigenvalue weighted by Gasteiger charge is 2.20. The van der Waals surface area contributed by atoms with Crippen LogP contribution in [0.2, 0.25) is 5.02 Å². The Balaban J connectivity index is 2.26. The Labute approximate surface area is 144 Å². The minimum absolute atomic E-state index is 0.359. The quantitative estimate of drug-likeness (QED) is 0.809. The highest BCUT2D eigenvalue weighted by Crippen LogP contribution is 2.29. The van der Waals surface area contributed by atoms with Crippen molar-refractivity contribution in [3.63, 3.8) is 0 Å². The van der Waals surface area contributed by atoms with E-state index in [4.69, 9.17) is 11.6 Å². The van der Waals surface area contributed by atoms with Crippen molar-refractivity contribution < 1.29 is 9.59 Å². The van der Waals surface area contributed by atoms with Gasteiger partial charge in [-0.1, -0.05) is 30.3 Å². The van der Waals surface area contributed by atoms with Crippen LogP contribution in [0.15, 0.2) is 23.4 Å². The van der Waals surface area contributed by atoms with Gasteiger partial charge >= 0.3 is 6.03 Å². The first-order valence-corrected chi connectivity index (χ1v) is 8.57. The van der Waals surface area contributed by atoms with Gasteiger partial charge in [0.1, 0.15) is 0 Å². The zero-order chi connectivity index (χ0) is 17.0. The summed E-state index contributed by atoms with van der Waals surface area (Å²) >= 11 is 7.34. The summed E-state index contributed by atoms with van der Waals surface area (Å²) in [6.45, 7) is 4.62. The first kappa shape index (κ1) is 17.6. The fraction of sp³-hybridized carbons (Fsp3) is 0.400. The third kappa shape index (κ3) is 4.17. The number of nitrogens with zero attached hydrogens (tertiary/aromatic N) is 2. The van der Waals surface area contributed by atoms with Gasteiger partial charge in [-0.05, 0) is 31.5 Å². The summed E-state index contributed by atoms with van der Waals surface area (Å²) in [6.07, 6.45) is 0.945. The molecule has 0 radical (unpaired) electrons. The summed E-state index contributed by atoms with van der Waals surface area (Å²) in [5.41, 5.74) is 1.78. The van der Waals surface area contributed by atoms with Crippen LogP contribution in [0.1, 0.15) is 20.3 Å². The van der Waals surface area contributed by atoms with Gasteiger partial charge in [0.05, 0.1) is 16.3 Å². The van der Waals surface area contributed by atoms with Crippen LogP contribution in [0.25, 0.3) is 11.0 Å². The van der Waals surface area contributed by atoms with Crippen LogP contribution < -0.4 is 10.6 Å². The van der Waals surface area contributed by atoms with Crippen LogP contribution in [0, 0.1) is 0 Å². The molecule has 6 nitrogen and oxygen atoms in total. The van der Waals surface area contributed by atoms with E-state index < -0.39 is 11.3 Å². The van der Waals surface area contributed by atoms with Crippen LogP contribution in [0.5, 0.6) is 0 Å². The number of aromatic nitrogens is 2. The molecule has 23 heavy (non-hydrogen) atoms. The van der Waals surface area contributed by atoms with Gasteiger partial charge in [-0.2, -0.15) is 0 Å². The number of urea groups is 1. The third-order valence-electron chi connectivity index (χ3n) is 3.24. The lowest BCUT2D eigenvalue weighted by atomic mass is 10.3. The number of carbonyl (C=O) groups excluding carboxylic acids is 2. The molecule has 1 aromatic carbocycles. The first-order chi connectivity index (χ1) is 11.0. The van der Waals surface area contributed by atoms with Crippen molar-refractivity contribution in [3.05, 3.63) is 23.2 Å². The summed E-state index contributed by atoms with van der Waals surface area (Å²) in [5, 5.41) is 5.55. The molecular weight excluding hydrogens is 336 g/mol. The average molecular weight is 355 g/mol. The number of carbonyl (C=O) groups is 2. The minimum atomic E-state index is -0.517. The SMILES string of the molecule is CCCn1c(SC(C)C(=O)NC(=O)NC)nc2cc(Cl)ccc21. The van der Waals surface area contributed by atoms with E-state index in [1.165, 1.54) is 18.8 Å². The molecule has 1 aromatic heterocycles. The highest BCUT2D eigenvalue weighted by molar-refractivity contribution is 8.00. The molecule has 0 aliphatic heterocycles. The number of hydrogen-bond acceptors (Lipinski definition) is 4. The van der Waals surface area contributed by atoms with E-state index in [0.717, 1.165) is 29.2 Å². The second-order valence-electron chi connectivity index (χ2n) is 5.01. The fourth-order valence-corrected chi connectivity index (χ4v) is 3.21. The molecule has 8 heteroatoms. The Morgan fingerprint density at radius 1 is 1.43 bits per heavy atom. The van der Waals surface area contributed by atoms with E-state index in [1.54, 1.807) is 6.92 Å². The smallest absolute Gasteiger partial charge is 0.321 e. The molecule has 0 saturated heterocycles. The van der Waals surface area contributed by atoms with Crippen molar-refractivity contribution >= 4 is 46.3 Å². The zero-order valence-corrected chi connectivity index (χ0v) is 14.8. The van der Waals surface area contributed by atoms with Gasteiger partial charge in [0.2, 0.25) is 5.91 Å². The Kier molecular flexibility index (Phi) is 5.90. The van der Waals surface area contributed by atoms with Crippen molar-refractivity contribution in [3.8, 4) is 0 Å². The normalized spacial score (nSPS) is 12.2. The van der Waals surface area contributed by atoms with Crippen molar-refractivity contribution in [1.29, 1.82) is 0 Å². The Morgan fingerprint density at radius 2 is 2.17 bits per heavy atom. The van der Waals surface area contributed by atoms with Crippen molar-refractivity contribution in [2.75, 3.05) is 7.05 Å². The highest BCUT2D eigenvalue weighted by atomic mass is 35.5. The number of halogens is 1. The molecule has 1 unspecified atom stereocenters. The van der Waals surface area contributed by atoms with E-state index in [9.17, 15) is 9.59 Å². The molecule has 0 spiro atoms. The molecule has 2 N–H and O–H groups in total. The number of nitrogens with one attached hydrogen (secondary N) is 2. The maximum atomic E-state index is 12.0. The molecule has 2 rings (SSSR count). The molecule has 3 amide bonds. The Bertz CT molecular complexity index is 732. The van der Waals surface area contributed by atoms with Crippen LogP contribution in [0.3, 0.4) is 0 Å². The zero-order valence-electron chi connectivity index (χ0n) is 13.2. The molecule has 0 aliphatic rings. The standard InChI is InChI=1S/C15H19ClN4O2S/c1-4-7-20-12-6-5-10(16)8-11(12)18-15(20)23-9(2)13(21)19-14(22)17-3/h5-6,8-9H,4,7H2,1-3H3,(H2,17,19,21,22). The van der Waals surface area contributed by atoms with E-state index in [-0.39, 0.29) is 5.91 Å². The number of rotatable bonds is 5. The molecule has 1 atom stereocenters. The van der Waals surface area contributed by atoms with Gasteiger partial charge in [0.15, 0.2) is 5.16 Å². The average Bonchev–Trinajstić information content (AvgIpc) is 2.84. The lowest BCUT2D eigenvalue weighted by Crippen LogP contribution is -2.41. The van der Waals surface area contributed by atoms with Gasteiger partial charge < -0.3 is 9.88 Å². The Morgan fingerprint density at radius 3 is 2.83 bits per heavy atom. The van der Waals surface area contributed by atoms with Gasteiger partial charge in [-0.25, -0.2) is 9.78 Å². The minimum Gasteiger partial charge on any atom is -0.341 e. The van der Waals surface area contributed by atoms with Gasteiger partial charge in [0, 0.05) is 18.6 Å². The summed E-state index contributed by atoms with van der Waals surface area (Å²) in [7, 11) is 1.46. The topological polar surface area (TPSA) is 76.0 Å². The second kappa shape index (κ2) is 7.70. The first-order valence-electron chi connectivity index (χ1n) is 7.31. The summed E-state index contributed by atoms with van der Waals surface area (Å²) in [6, 6.07) is 5.05. The van der Waals surface area contributed by atoms with Crippen LogP contribution >= 0.6 is 23.4 Å². The number of thioether (sulfide) groups is 1. The van der Waals surface area contributed by atoms with Gasteiger partial charge in [0.25, 0.3) is 0 Å². The molecule has 0 bridgehead atoms. The molecule has 0 fully saturated rings. The molecular formula is C15H19ClN4O2S. The molecule has 2 aromatic rings. The van der Waals surface area contributed by atoms with Crippen molar-refractivity contribution in [2.45, 2.75) is 37.2 Å². The van der Waals surface area contributed by atoms with Crippen LogP contribution in [0.4, 0.5) is 4.79 Å². The second-order valence-corrected chi connectivity index (χ2v) is 6.75. The summed E-state index contributed by atoms with van der Waals surface area (Å²) in [4.78, 5) is 27.8. The summed E-state index contributed by atoms with van der Waals surface area (Å²) in [5.74, 6) is -0.359. The number of aryl methyl sites for hydroxylation is 1. The monoisotopic (exact) mass is 354 g/mol. The Hall–Kier alpha value is -1.73.